The Bertz CT molecular complexity index is 1110. The molecule has 2 amide bonds. The Labute approximate surface area is 200 Å². The highest BCUT2D eigenvalue weighted by atomic mass is 16.4. The fourth-order valence-electron chi connectivity index (χ4n) is 7.94. The molecule has 7 nitrogen and oxygen atoms in total. The van der Waals surface area contributed by atoms with Crippen molar-refractivity contribution in [3.05, 3.63) is 29.8 Å². The smallest absolute Gasteiger partial charge is 0.404 e. The number of carbonyl (C=O) groups is 2. The average Bonchev–Trinajstić information content (AvgIpc) is 3.22. The lowest BCUT2D eigenvalue weighted by molar-refractivity contribution is -0.124. The minimum atomic E-state index is -0.984. The third-order valence-corrected chi connectivity index (χ3v) is 8.87. The zero-order chi connectivity index (χ0) is 23.4. The molecule has 34 heavy (non-hydrogen) atoms. The molecule has 1 saturated heterocycles. The van der Waals surface area contributed by atoms with Crippen molar-refractivity contribution in [1.29, 1.82) is 0 Å². The number of hydrogen-bond acceptors (Lipinski definition) is 4. The standard InChI is InChI=1S/C27H34N4O3/c1-16-2-4-22-21(3-5-23(29-22)31-7-6-20(15-31)28-26(33)34)25(16)30-24(32)14-27-11-17-8-18(12-27)10-19(9-17)13-27/h2-5,17-20,28H,6-15H2,1H3,(H,30,32)(H,33,34)/t17?,18?,19?,20-,27?/m0/s1. The van der Waals surface area contributed by atoms with Gasteiger partial charge in [0.05, 0.1) is 17.2 Å². The number of carbonyl (C=O) groups excluding carboxylic acids is 1. The number of carboxylic acid groups (broad SMARTS) is 1. The lowest BCUT2D eigenvalue weighted by Crippen LogP contribution is -2.47. The summed E-state index contributed by atoms with van der Waals surface area (Å²) in [7, 11) is 0. The second-order valence-corrected chi connectivity index (χ2v) is 11.5. The molecule has 1 aliphatic heterocycles. The van der Waals surface area contributed by atoms with Gasteiger partial charge in [0, 0.05) is 24.9 Å². The van der Waals surface area contributed by atoms with Gasteiger partial charge in [-0.3, -0.25) is 4.79 Å². The molecule has 2 aromatic rings. The Balaban J connectivity index is 1.19. The Kier molecular flexibility index (Phi) is 5.19. The van der Waals surface area contributed by atoms with Gasteiger partial charge >= 0.3 is 6.09 Å². The molecule has 7 heteroatoms. The first kappa shape index (κ1) is 21.7. The lowest BCUT2D eigenvalue weighted by atomic mass is 9.49. The van der Waals surface area contributed by atoms with Crippen LogP contribution in [0.15, 0.2) is 24.3 Å². The van der Waals surface area contributed by atoms with Crippen molar-refractivity contribution >= 4 is 34.4 Å². The van der Waals surface area contributed by atoms with E-state index in [4.69, 9.17) is 10.1 Å². The van der Waals surface area contributed by atoms with E-state index in [-0.39, 0.29) is 17.4 Å². The zero-order valence-electron chi connectivity index (χ0n) is 19.8. The number of aryl methyl sites for hydroxylation is 1. The Morgan fingerprint density at radius 2 is 1.79 bits per heavy atom. The molecule has 5 fully saturated rings. The summed E-state index contributed by atoms with van der Waals surface area (Å²) in [6, 6.07) is 7.99. The predicted octanol–water partition coefficient (Wildman–Crippen LogP) is 4.93. The van der Waals surface area contributed by atoms with Crippen LogP contribution >= 0.6 is 0 Å². The van der Waals surface area contributed by atoms with Gasteiger partial charge in [0.1, 0.15) is 5.82 Å². The molecule has 7 rings (SSSR count). The maximum Gasteiger partial charge on any atom is 0.404 e. The van der Waals surface area contributed by atoms with Crippen molar-refractivity contribution < 1.29 is 14.7 Å². The number of anilines is 2. The number of nitrogens with one attached hydrogen (secondary N) is 2. The van der Waals surface area contributed by atoms with E-state index in [2.05, 4.69) is 15.5 Å². The monoisotopic (exact) mass is 462 g/mol. The van der Waals surface area contributed by atoms with Gasteiger partial charge in [-0.1, -0.05) is 6.07 Å². The topological polar surface area (TPSA) is 94.6 Å². The molecule has 1 aromatic carbocycles. The summed E-state index contributed by atoms with van der Waals surface area (Å²) in [5.41, 5.74) is 2.99. The van der Waals surface area contributed by atoms with Crippen LogP contribution in [0.1, 0.15) is 56.9 Å². The molecule has 4 saturated carbocycles. The molecule has 4 aliphatic carbocycles. The van der Waals surface area contributed by atoms with Crippen molar-refractivity contribution in [2.75, 3.05) is 23.3 Å². The van der Waals surface area contributed by atoms with Gasteiger partial charge in [-0.15, -0.1) is 0 Å². The van der Waals surface area contributed by atoms with E-state index in [0.717, 1.165) is 58.7 Å². The molecule has 0 radical (unpaired) electrons. The molecular formula is C27H34N4O3. The predicted molar refractivity (Wildman–Crippen MR) is 132 cm³/mol. The number of rotatable bonds is 5. The van der Waals surface area contributed by atoms with Gasteiger partial charge in [-0.05, 0) is 98.8 Å². The highest BCUT2D eigenvalue weighted by Crippen LogP contribution is 2.61. The van der Waals surface area contributed by atoms with E-state index >= 15 is 0 Å². The van der Waals surface area contributed by atoms with Gasteiger partial charge < -0.3 is 20.6 Å². The van der Waals surface area contributed by atoms with E-state index in [1.54, 1.807) is 0 Å². The van der Waals surface area contributed by atoms with Gasteiger partial charge in [-0.25, -0.2) is 9.78 Å². The van der Waals surface area contributed by atoms with E-state index < -0.39 is 6.09 Å². The number of hydrogen-bond donors (Lipinski definition) is 3. The summed E-state index contributed by atoms with van der Waals surface area (Å²) in [5, 5.41) is 15.8. The van der Waals surface area contributed by atoms with Crippen molar-refractivity contribution in [2.45, 2.75) is 64.3 Å². The first-order valence-corrected chi connectivity index (χ1v) is 12.8. The molecule has 1 atom stereocenters. The van der Waals surface area contributed by atoms with Crippen molar-refractivity contribution in [1.82, 2.24) is 10.3 Å². The summed E-state index contributed by atoms with van der Waals surface area (Å²) in [5.74, 6) is 3.52. The Morgan fingerprint density at radius 3 is 2.47 bits per heavy atom. The second kappa shape index (κ2) is 8.14. The molecule has 3 N–H and O–H groups in total. The number of amides is 2. The minimum Gasteiger partial charge on any atom is -0.465 e. The summed E-state index contributed by atoms with van der Waals surface area (Å²) in [6.45, 7) is 3.42. The molecule has 2 heterocycles. The fourth-order valence-corrected chi connectivity index (χ4v) is 7.94. The van der Waals surface area contributed by atoms with E-state index in [9.17, 15) is 9.59 Å². The van der Waals surface area contributed by atoms with Gasteiger partial charge in [0.2, 0.25) is 5.91 Å². The highest BCUT2D eigenvalue weighted by molar-refractivity contribution is 6.02. The number of benzene rings is 1. The lowest BCUT2D eigenvalue weighted by Gasteiger charge is -2.56. The Hall–Kier alpha value is -2.83. The molecule has 0 unspecified atom stereocenters. The Morgan fingerprint density at radius 1 is 1.09 bits per heavy atom. The molecule has 4 bridgehead atoms. The van der Waals surface area contributed by atoms with Crippen LogP contribution in [0.2, 0.25) is 0 Å². The number of fused-ring (bicyclic) bond motifs is 1. The van der Waals surface area contributed by atoms with Crippen LogP contribution in [-0.2, 0) is 4.79 Å². The van der Waals surface area contributed by atoms with E-state index in [1.165, 1.54) is 38.5 Å². The number of nitrogens with zero attached hydrogens (tertiary/aromatic N) is 2. The van der Waals surface area contributed by atoms with E-state index in [0.29, 0.717) is 13.0 Å². The molecule has 0 spiro atoms. The maximum atomic E-state index is 13.3. The SMILES string of the molecule is Cc1ccc2nc(N3CC[C@H](NC(=O)O)C3)ccc2c1NC(=O)CC12CC3CC(CC(C3)C1)C2. The van der Waals surface area contributed by atoms with Crippen LogP contribution in [0, 0.1) is 30.1 Å². The average molecular weight is 463 g/mol. The molecule has 5 aliphatic rings. The molecule has 1 aromatic heterocycles. The van der Waals surface area contributed by atoms with Crippen molar-refractivity contribution in [3.8, 4) is 0 Å². The molecular weight excluding hydrogens is 428 g/mol. The first-order chi connectivity index (χ1) is 16.4. The molecule has 180 valence electrons. The summed E-state index contributed by atoms with van der Waals surface area (Å²) < 4.78 is 0. The summed E-state index contributed by atoms with van der Waals surface area (Å²) in [4.78, 5) is 31.2. The summed E-state index contributed by atoms with van der Waals surface area (Å²) in [6.07, 6.45) is 8.31. The van der Waals surface area contributed by atoms with Crippen molar-refractivity contribution in [2.24, 2.45) is 23.2 Å². The van der Waals surface area contributed by atoms with Crippen LogP contribution in [-0.4, -0.2) is 41.2 Å². The largest absolute Gasteiger partial charge is 0.465 e. The summed E-state index contributed by atoms with van der Waals surface area (Å²) >= 11 is 0. The van der Waals surface area contributed by atoms with Crippen LogP contribution in [0.25, 0.3) is 10.9 Å². The number of pyridine rings is 1. The van der Waals surface area contributed by atoms with Crippen LogP contribution < -0.4 is 15.5 Å². The minimum absolute atomic E-state index is 0.0764. The van der Waals surface area contributed by atoms with Crippen LogP contribution in [0.5, 0.6) is 0 Å². The fraction of sp³-hybridized carbons (Fsp3) is 0.593. The highest BCUT2D eigenvalue weighted by Gasteiger charge is 2.51. The number of aromatic nitrogens is 1. The quantitative estimate of drug-likeness (QED) is 0.585. The van der Waals surface area contributed by atoms with Crippen LogP contribution in [0.3, 0.4) is 0 Å². The van der Waals surface area contributed by atoms with E-state index in [1.807, 2.05) is 31.2 Å². The first-order valence-electron chi connectivity index (χ1n) is 12.8. The van der Waals surface area contributed by atoms with Crippen molar-refractivity contribution in [3.63, 3.8) is 0 Å². The van der Waals surface area contributed by atoms with Gasteiger partial charge in [-0.2, -0.15) is 0 Å². The van der Waals surface area contributed by atoms with Gasteiger partial charge in [0.15, 0.2) is 0 Å². The zero-order valence-corrected chi connectivity index (χ0v) is 19.8. The van der Waals surface area contributed by atoms with Crippen LogP contribution in [0.4, 0.5) is 16.3 Å². The maximum absolute atomic E-state index is 13.3. The normalized spacial score (nSPS) is 31.7. The second-order valence-electron chi connectivity index (χ2n) is 11.5. The van der Waals surface area contributed by atoms with Gasteiger partial charge in [0.25, 0.3) is 0 Å². The third kappa shape index (κ3) is 3.99. The third-order valence-electron chi connectivity index (χ3n) is 8.87.